The van der Waals surface area contributed by atoms with E-state index in [4.69, 9.17) is 18.9 Å². The van der Waals surface area contributed by atoms with Crippen molar-refractivity contribution in [2.75, 3.05) is 6.61 Å². The third kappa shape index (κ3) is 7.07. The van der Waals surface area contributed by atoms with E-state index in [0.29, 0.717) is 32.8 Å². The molecule has 0 radical (unpaired) electrons. The van der Waals surface area contributed by atoms with Gasteiger partial charge in [-0.05, 0) is 16.7 Å². The van der Waals surface area contributed by atoms with Gasteiger partial charge in [0.2, 0.25) is 0 Å². The van der Waals surface area contributed by atoms with Gasteiger partial charge in [0, 0.05) is 6.42 Å². The maximum Gasteiger partial charge on any atom is 0.148 e. The largest absolute Gasteiger partial charge is 0.374 e. The van der Waals surface area contributed by atoms with E-state index in [0.717, 1.165) is 23.0 Å². The first-order valence-electron chi connectivity index (χ1n) is 11.4. The SMILES string of the molecule is O=C[C@H]1C[C@@H](OCc2ccccc2)[C@@H](OCc2ccccc2)[C@@H](COCc2ccccc2)O1. The molecule has 0 saturated carbocycles. The molecule has 4 rings (SSSR count). The van der Waals surface area contributed by atoms with Crippen molar-refractivity contribution < 1.29 is 23.7 Å². The van der Waals surface area contributed by atoms with Crippen LogP contribution in [0.5, 0.6) is 0 Å². The molecule has 0 amide bonds. The Hall–Kier alpha value is -2.83. The van der Waals surface area contributed by atoms with Gasteiger partial charge in [-0.25, -0.2) is 0 Å². The Labute approximate surface area is 195 Å². The second kappa shape index (κ2) is 12.4. The average Bonchev–Trinajstić information content (AvgIpc) is 2.88. The number of benzene rings is 3. The van der Waals surface area contributed by atoms with Crippen LogP contribution >= 0.6 is 0 Å². The second-order valence-corrected chi connectivity index (χ2v) is 8.18. The molecule has 3 aromatic rings. The van der Waals surface area contributed by atoms with Gasteiger partial charge in [-0.1, -0.05) is 91.0 Å². The van der Waals surface area contributed by atoms with Crippen LogP contribution in [0.1, 0.15) is 23.1 Å². The number of ether oxygens (including phenoxy) is 4. The van der Waals surface area contributed by atoms with Crippen molar-refractivity contribution in [2.24, 2.45) is 0 Å². The third-order valence-corrected chi connectivity index (χ3v) is 5.68. The highest BCUT2D eigenvalue weighted by atomic mass is 16.6. The highest BCUT2D eigenvalue weighted by Gasteiger charge is 2.40. The first-order chi connectivity index (χ1) is 16.3. The van der Waals surface area contributed by atoms with Crippen molar-refractivity contribution in [3.8, 4) is 0 Å². The molecule has 1 heterocycles. The lowest BCUT2D eigenvalue weighted by molar-refractivity contribution is -0.215. The number of carbonyl (C=O) groups excluding carboxylic acids is 1. The van der Waals surface area contributed by atoms with Gasteiger partial charge in [0.1, 0.15) is 24.6 Å². The van der Waals surface area contributed by atoms with Crippen LogP contribution in [-0.2, 0) is 43.6 Å². The summed E-state index contributed by atoms with van der Waals surface area (Å²) in [5.74, 6) is 0. The summed E-state index contributed by atoms with van der Waals surface area (Å²) in [7, 11) is 0. The normalized spacial score (nSPS) is 22.7. The van der Waals surface area contributed by atoms with Crippen LogP contribution < -0.4 is 0 Å². The Morgan fingerprint density at radius 3 is 1.79 bits per heavy atom. The van der Waals surface area contributed by atoms with Gasteiger partial charge in [0.05, 0.1) is 32.5 Å². The fraction of sp³-hybridized carbons (Fsp3) is 0.321. The quantitative estimate of drug-likeness (QED) is 0.399. The van der Waals surface area contributed by atoms with Gasteiger partial charge < -0.3 is 23.7 Å². The maximum absolute atomic E-state index is 11.6. The van der Waals surface area contributed by atoms with E-state index in [2.05, 4.69) is 0 Å². The average molecular weight is 447 g/mol. The minimum absolute atomic E-state index is 0.289. The van der Waals surface area contributed by atoms with E-state index >= 15 is 0 Å². The van der Waals surface area contributed by atoms with Crippen molar-refractivity contribution in [3.63, 3.8) is 0 Å². The zero-order chi connectivity index (χ0) is 22.7. The Balaban J connectivity index is 1.45. The molecule has 5 heteroatoms. The lowest BCUT2D eigenvalue weighted by atomic mass is 9.97. The monoisotopic (exact) mass is 446 g/mol. The fourth-order valence-corrected chi connectivity index (χ4v) is 3.97. The number of carbonyl (C=O) groups is 1. The standard InChI is InChI=1S/C28H30O5/c29-17-25-16-26(31-19-23-12-6-2-7-13-23)28(32-20-24-14-8-3-9-15-24)27(33-25)21-30-18-22-10-4-1-5-11-22/h1-15,17,25-28H,16,18-21H2/t25-,26-,27-,28-/m1/s1. The Bertz CT molecular complexity index is 948. The lowest BCUT2D eigenvalue weighted by Gasteiger charge is -2.40. The molecular weight excluding hydrogens is 416 g/mol. The van der Waals surface area contributed by atoms with E-state index < -0.39 is 12.2 Å². The maximum atomic E-state index is 11.6. The van der Waals surface area contributed by atoms with Crippen molar-refractivity contribution in [1.29, 1.82) is 0 Å². The first-order valence-corrected chi connectivity index (χ1v) is 11.4. The van der Waals surface area contributed by atoms with E-state index in [1.807, 2.05) is 91.0 Å². The fourth-order valence-electron chi connectivity index (χ4n) is 3.97. The minimum atomic E-state index is -0.548. The number of rotatable bonds is 11. The summed E-state index contributed by atoms with van der Waals surface area (Å²) in [5.41, 5.74) is 3.23. The predicted octanol–water partition coefficient (Wildman–Crippen LogP) is 4.73. The van der Waals surface area contributed by atoms with E-state index in [-0.39, 0.29) is 12.2 Å². The van der Waals surface area contributed by atoms with Crippen LogP contribution in [0, 0.1) is 0 Å². The van der Waals surface area contributed by atoms with Crippen LogP contribution in [0.2, 0.25) is 0 Å². The highest BCUT2D eigenvalue weighted by molar-refractivity contribution is 5.56. The molecule has 5 nitrogen and oxygen atoms in total. The Morgan fingerprint density at radius 1 is 0.727 bits per heavy atom. The summed E-state index contributed by atoms with van der Waals surface area (Å²) >= 11 is 0. The van der Waals surface area contributed by atoms with Crippen LogP contribution in [0.25, 0.3) is 0 Å². The van der Waals surface area contributed by atoms with Crippen LogP contribution in [0.4, 0.5) is 0 Å². The van der Waals surface area contributed by atoms with E-state index in [9.17, 15) is 4.79 Å². The molecule has 1 aliphatic rings. The van der Waals surface area contributed by atoms with Gasteiger partial charge in [0.15, 0.2) is 0 Å². The van der Waals surface area contributed by atoms with Crippen LogP contribution in [0.3, 0.4) is 0 Å². The summed E-state index contributed by atoms with van der Waals surface area (Å²) in [6.45, 7) is 1.65. The molecule has 0 unspecified atom stereocenters. The van der Waals surface area contributed by atoms with Gasteiger partial charge >= 0.3 is 0 Å². The van der Waals surface area contributed by atoms with Crippen molar-refractivity contribution in [2.45, 2.75) is 50.7 Å². The van der Waals surface area contributed by atoms with Gasteiger partial charge in [-0.15, -0.1) is 0 Å². The molecule has 0 bridgehead atoms. The molecule has 4 atom stereocenters. The molecular formula is C28H30O5. The summed E-state index contributed by atoms with van der Waals surface area (Å²) in [5, 5.41) is 0. The van der Waals surface area contributed by atoms with Gasteiger partial charge in [-0.2, -0.15) is 0 Å². The smallest absolute Gasteiger partial charge is 0.148 e. The molecule has 1 fully saturated rings. The summed E-state index contributed by atoms with van der Waals surface area (Å²) in [4.78, 5) is 11.6. The van der Waals surface area contributed by atoms with Crippen molar-refractivity contribution in [1.82, 2.24) is 0 Å². The topological polar surface area (TPSA) is 54.0 Å². The lowest BCUT2D eigenvalue weighted by Crippen LogP contribution is -2.52. The van der Waals surface area contributed by atoms with E-state index in [1.54, 1.807) is 0 Å². The van der Waals surface area contributed by atoms with Crippen molar-refractivity contribution >= 4 is 6.29 Å². The highest BCUT2D eigenvalue weighted by Crippen LogP contribution is 2.27. The number of aldehydes is 1. The molecule has 0 aliphatic carbocycles. The van der Waals surface area contributed by atoms with E-state index in [1.165, 1.54) is 0 Å². The zero-order valence-corrected chi connectivity index (χ0v) is 18.6. The molecule has 1 saturated heterocycles. The second-order valence-electron chi connectivity index (χ2n) is 8.18. The van der Waals surface area contributed by atoms with Gasteiger partial charge in [0.25, 0.3) is 0 Å². The Kier molecular flexibility index (Phi) is 8.78. The molecule has 33 heavy (non-hydrogen) atoms. The molecule has 0 spiro atoms. The molecule has 3 aromatic carbocycles. The first kappa shape index (κ1) is 23.3. The summed E-state index contributed by atoms with van der Waals surface area (Å²) < 4.78 is 24.6. The summed E-state index contributed by atoms with van der Waals surface area (Å²) in [6, 6.07) is 30.0. The predicted molar refractivity (Wildman–Crippen MR) is 125 cm³/mol. The van der Waals surface area contributed by atoms with Crippen LogP contribution in [-0.4, -0.2) is 37.3 Å². The molecule has 0 N–H and O–H groups in total. The number of hydrogen-bond acceptors (Lipinski definition) is 5. The third-order valence-electron chi connectivity index (χ3n) is 5.68. The molecule has 1 aliphatic heterocycles. The van der Waals surface area contributed by atoms with Crippen LogP contribution in [0.15, 0.2) is 91.0 Å². The zero-order valence-electron chi connectivity index (χ0n) is 18.6. The summed E-state index contributed by atoms with van der Waals surface area (Å²) in [6.07, 6.45) is -0.319. The molecule has 0 aromatic heterocycles. The Morgan fingerprint density at radius 2 is 1.24 bits per heavy atom. The number of hydrogen-bond donors (Lipinski definition) is 0. The molecule has 172 valence electrons. The van der Waals surface area contributed by atoms with Gasteiger partial charge in [-0.3, -0.25) is 0 Å². The van der Waals surface area contributed by atoms with Crippen molar-refractivity contribution in [3.05, 3.63) is 108 Å². The minimum Gasteiger partial charge on any atom is -0.374 e.